The first-order valence-corrected chi connectivity index (χ1v) is 13.7. The molecule has 4 atom stereocenters. The highest BCUT2D eigenvalue weighted by Crippen LogP contribution is 2.34. The molecule has 1 heterocycles. The van der Waals surface area contributed by atoms with E-state index in [9.17, 15) is 4.79 Å². The van der Waals surface area contributed by atoms with Gasteiger partial charge in [-0.05, 0) is 38.5 Å². The molecular formula is C32H40N6O. The second-order valence-electron chi connectivity index (χ2n) is 10.1. The highest BCUT2D eigenvalue weighted by atomic mass is 16.1. The van der Waals surface area contributed by atoms with Gasteiger partial charge < -0.3 is 10.6 Å². The fourth-order valence-electron chi connectivity index (χ4n) is 4.96. The van der Waals surface area contributed by atoms with E-state index in [1.54, 1.807) is 0 Å². The third-order valence-electron chi connectivity index (χ3n) is 7.55. The molecule has 4 rings (SSSR count). The number of nitrogens with one attached hydrogen (secondary N) is 4. The number of hydrogen-bond donors (Lipinski definition) is 4. The minimum absolute atomic E-state index is 0.0400. The number of amides is 1. The van der Waals surface area contributed by atoms with Crippen molar-refractivity contribution in [2.24, 2.45) is 17.8 Å². The molecule has 0 spiro atoms. The topological polar surface area (TPSA) is 91.0 Å². The molecular weight excluding hydrogens is 484 g/mol. The van der Waals surface area contributed by atoms with Crippen molar-refractivity contribution in [3.63, 3.8) is 0 Å². The average molecular weight is 525 g/mol. The van der Waals surface area contributed by atoms with Crippen molar-refractivity contribution >= 4 is 22.8 Å². The van der Waals surface area contributed by atoms with E-state index in [1.165, 1.54) is 0 Å². The summed E-state index contributed by atoms with van der Waals surface area (Å²) >= 11 is 0. The molecule has 0 saturated carbocycles. The lowest BCUT2D eigenvalue weighted by Gasteiger charge is -2.37. The molecule has 39 heavy (non-hydrogen) atoms. The second-order valence-corrected chi connectivity index (χ2v) is 10.1. The molecule has 7 heteroatoms. The molecule has 0 aliphatic heterocycles. The maximum Gasteiger partial charge on any atom is 0.227 e. The van der Waals surface area contributed by atoms with Gasteiger partial charge in [-0.15, -0.1) is 0 Å². The fourth-order valence-corrected chi connectivity index (χ4v) is 4.96. The number of carbonyl (C=O) groups is 1. The van der Waals surface area contributed by atoms with Crippen LogP contribution in [-0.2, 0) is 4.79 Å². The maximum absolute atomic E-state index is 13.3. The van der Waals surface area contributed by atoms with E-state index in [4.69, 9.17) is 9.97 Å². The Balaban J connectivity index is 1.47. The van der Waals surface area contributed by atoms with E-state index in [-0.39, 0.29) is 29.7 Å². The molecule has 204 valence electrons. The van der Waals surface area contributed by atoms with E-state index in [1.807, 2.05) is 76.4 Å². The highest BCUT2D eigenvalue weighted by molar-refractivity contribution is 5.93. The zero-order valence-corrected chi connectivity index (χ0v) is 23.5. The molecule has 7 nitrogen and oxygen atoms in total. The molecule has 1 aliphatic rings. The summed E-state index contributed by atoms with van der Waals surface area (Å²) in [7, 11) is 1.84. The van der Waals surface area contributed by atoms with Gasteiger partial charge >= 0.3 is 0 Å². The van der Waals surface area contributed by atoms with Gasteiger partial charge in [0.25, 0.3) is 0 Å². The van der Waals surface area contributed by atoms with Gasteiger partial charge in [-0.1, -0.05) is 86.7 Å². The monoisotopic (exact) mass is 524 g/mol. The van der Waals surface area contributed by atoms with Crippen molar-refractivity contribution in [3.05, 3.63) is 90.2 Å². The van der Waals surface area contributed by atoms with Crippen molar-refractivity contribution in [2.45, 2.75) is 40.2 Å². The molecule has 1 unspecified atom stereocenters. The summed E-state index contributed by atoms with van der Waals surface area (Å²) in [5.41, 5.74) is 10.9. The highest BCUT2D eigenvalue weighted by Gasteiger charge is 2.35. The van der Waals surface area contributed by atoms with E-state index in [2.05, 4.69) is 58.8 Å². The number of carbonyl (C=O) groups excluding carboxylic acids is 1. The number of aromatic nitrogens is 2. The lowest BCUT2D eigenvalue weighted by molar-refractivity contribution is -0.125. The summed E-state index contributed by atoms with van der Waals surface area (Å²) in [4.78, 5) is 23.0. The SMILES string of the molecule is C/C=C\C(C)=C(/CCNNC)NC(=O)[C@H](C)[C@H](C)[C@H]1C=CC1Nc1nc(-c2ccccc2)c2ccccc2n1. The van der Waals surface area contributed by atoms with Gasteiger partial charge in [-0.2, -0.15) is 0 Å². The minimum Gasteiger partial charge on any atom is -0.347 e. The van der Waals surface area contributed by atoms with Crippen molar-refractivity contribution < 1.29 is 4.79 Å². The van der Waals surface area contributed by atoms with Gasteiger partial charge in [-0.25, -0.2) is 9.97 Å². The van der Waals surface area contributed by atoms with Crippen LogP contribution in [-0.4, -0.2) is 35.5 Å². The standard InChI is InChI=1S/C32H40N6O/c1-6-12-21(2)27(19-20-34-33-5)35-31(39)23(4)22(3)25-17-18-29(25)37-32-36-28-16-11-10-15-26(28)30(38-32)24-13-8-7-9-14-24/h6-18,22-23,25,29,33-34H,19-20H2,1-5H3,(H,35,39)(H,36,37,38)/b12-6-,27-21+/t22-,23+,25+,29?/m0/s1. The number of para-hydroxylation sites is 1. The largest absolute Gasteiger partial charge is 0.347 e. The number of benzene rings is 2. The number of hydrogen-bond acceptors (Lipinski definition) is 6. The normalized spacial score (nSPS) is 18.9. The van der Waals surface area contributed by atoms with Crippen LogP contribution in [0.3, 0.4) is 0 Å². The summed E-state index contributed by atoms with van der Waals surface area (Å²) in [5.74, 6) is 0.780. The Bertz CT molecular complexity index is 1360. The van der Waals surface area contributed by atoms with Gasteiger partial charge in [0.2, 0.25) is 11.9 Å². The van der Waals surface area contributed by atoms with Crippen LogP contribution in [0.2, 0.25) is 0 Å². The molecule has 0 saturated heterocycles. The summed E-state index contributed by atoms with van der Waals surface area (Å²) in [6, 6.07) is 18.3. The maximum atomic E-state index is 13.3. The van der Waals surface area contributed by atoms with Crippen LogP contribution in [0.5, 0.6) is 0 Å². The predicted octanol–water partition coefficient (Wildman–Crippen LogP) is 5.62. The Morgan fingerprint density at radius 2 is 1.77 bits per heavy atom. The molecule has 2 aromatic carbocycles. The first-order chi connectivity index (χ1) is 18.9. The van der Waals surface area contributed by atoms with Gasteiger partial charge in [0.1, 0.15) is 0 Å². The van der Waals surface area contributed by atoms with Gasteiger partial charge in [0.15, 0.2) is 0 Å². The Morgan fingerprint density at radius 1 is 1.03 bits per heavy atom. The first-order valence-electron chi connectivity index (χ1n) is 13.7. The molecule has 1 aliphatic carbocycles. The average Bonchev–Trinajstić information content (AvgIpc) is 2.94. The van der Waals surface area contributed by atoms with Gasteiger partial charge in [0, 0.05) is 41.4 Å². The van der Waals surface area contributed by atoms with Crippen LogP contribution >= 0.6 is 0 Å². The van der Waals surface area contributed by atoms with Crippen LogP contribution in [0, 0.1) is 17.8 Å². The number of hydrazine groups is 1. The van der Waals surface area contributed by atoms with Crippen LogP contribution in [0.25, 0.3) is 22.2 Å². The Morgan fingerprint density at radius 3 is 2.46 bits per heavy atom. The Labute approximate surface area is 231 Å². The molecule has 4 N–H and O–H groups in total. The van der Waals surface area contributed by atoms with Crippen LogP contribution in [0.4, 0.5) is 5.95 Å². The van der Waals surface area contributed by atoms with E-state index in [0.717, 1.165) is 46.4 Å². The smallest absolute Gasteiger partial charge is 0.227 e. The zero-order valence-electron chi connectivity index (χ0n) is 23.5. The number of anilines is 1. The quantitative estimate of drug-likeness (QED) is 0.106. The lowest BCUT2D eigenvalue weighted by Crippen LogP contribution is -2.43. The Hall–Kier alpha value is -3.81. The van der Waals surface area contributed by atoms with Crippen LogP contribution < -0.4 is 21.5 Å². The molecule has 1 aromatic heterocycles. The van der Waals surface area contributed by atoms with Gasteiger partial charge in [0.05, 0.1) is 17.3 Å². The third-order valence-corrected chi connectivity index (χ3v) is 7.55. The number of fused-ring (bicyclic) bond motifs is 1. The third kappa shape index (κ3) is 6.80. The van der Waals surface area contributed by atoms with Gasteiger partial charge in [-0.3, -0.25) is 15.6 Å². The predicted molar refractivity (Wildman–Crippen MR) is 161 cm³/mol. The number of allylic oxidation sites excluding steroid dienone is 3. The summed E-state index contributed by atoms with van der Waals surface area (Å²) in [5, 5.41) is 7.77. The molecule has 0 fully saturated rings. The number of rotatable bonds is 12. The summed E-state index contributed by atoms with van der Waals surface area (Å²) < 4.78 is 0. The zero-order chi connectivity index (χ0) is 27.8. The lowest BCUT2D eigenvalue weighted by atomic mass is 9.73. The van der Waals surface area contributed by atoms with E-state index >= 15 is 0 Å². The second kappa shape index (κ2) is 13.3. The molecule has 0 radical (unpaired) electrons. The van der Waals surface area contributed by atoms with Crippen LogP contribution in [0.15, 0.2) is 90.2 Å². The summed E-state index contributed by atoms with van der Waals surface area (Å²) in [6.45, 7) is 8.90. The number of nitrogens with zero attached hydrogens (tertiary/aromatic N) is 2. The van der Waals surface area contributed by atoms with Crippen molar-refractivity contribution in [1.29, 1.82) is 0 Å². The minimum atomic E-state index is -0.174. The van der Waals surface area contributed by atoms with Crippen LogP contribution in [0.1, 0.15) is 34.1 Å². The molecule has 0 bridgehead atoms. The first kappa shape index (κ1) is 28.2. The molecule has 1 amide bonds. The van der Waals surface area contributed by atoms with Crippen molar-refractivity contribution in [3.8, 4) is 11.3 Å². The van der Waals surface area contributed by atoms with E-state index < -0.39 is 0 Å². The van der Waals surface area contributed by atoms with Crippen molar-refractivity contribution in [1.82, 2.24) is 26.1 Å². The van der Waals surface area contributed by atoms with Crippen molar-refractivity contribution in [2.75, 3.05) is 18.9 Å². The van der Waals surface area contributed by atoms with E-state index in [0.29, 0.717) is 5.95 Å². The molecule has 3 aromatic rings. The Kier molecular flexibility index (Phi) is 9.63. The fraction of sp³-hybridized carbons (Fsp3) is 0.344. The summed E-state index contributed by atoms with van der Waals surface area (Å²) in [6.07, 6.45) is 9.07.